The van der Waals surface area contributed by atoms with Crippen LogP contribution in [0.15, 0.2) is 10.6 Å². The van der Waals surface area contributed by atoms with Crippen molar-refractivity contribution < 1.29 is 4.79 Å². The molecule has 0 radical (unpaired) electrons. The van der Waals surface area contributed by atoms with Crippen molar-refractivity contribution in [1.29, 1.82) is 0 Å². The summed E-state index contributed by atoms with van der Waals surface area (Å²) in [7, 11) is 0. The van der Waals surface area contributed by atoms with E-state index in [-0.39, 0.29) is 5.41 Å². The van der Waals surface area contributed by atoms with E-state index in [1.54, 1.807) is 0 Å². The van der Waals surface area contributed by atoms with E-state index in [0.717, 1.165) is 31.2 Å². The predicted molar refractivity (Wildman–Crippen MR) is 64.5 cm³/mol. The highest BCUT2D eigenvalue weighted by Crippen LogP contribution is 2.44. The first kappa shape index (κ1) is 14.2. The quantitative estimate of drug-likeness (QED) is 0.582. The number of rotatable bonds is 2. The van der Waals surface area contributed by atoms with Gasteiger partial charge in [0.1, 0.15) is 6.29 Å². The van der Waals surface area contributed by atoms with Crippen LogP contribution in [0.4, 0.5) is 0 Å². The molecule has 0 amide bonds. The van der Waals surface area contributed by atoms with Gasteiger partial charge in [0.05, 0.1) is 0 Å². The van der Waals surface area contributed by atoms with Gasteiger partial charge in [0.2, 0.25) is 0 Å². The average molecular weight is 228 g/mol. The van der Waals surface area contributed by atoms with Crippen molar-refractivity contribution in [2.45, 2.75) is 33.1 Å². The average Bonchev–Trinajstić information content (AvgIpc) is 2.43. The van der Waals surface area contributed by atoms with Gasteiger partial charge in [-0.1, -0.05) is 25.4 Å². The van der Waals surface area contributed by atoms with Crippen molar-refractivity contribution in [3.05, 3.63) is 10.6 Å². The van der Waals surface area contributed by atoms with Gasteiger partial charge < -0.3 is 5.73 Å². The summed E-state index contributed by atoms with van der Waals surface area (Å²) in [4.78, 5) is 10.5. The zero-order chi connectivity index (χ0) is 11.9. The number of aldehydes is 1. The first-order valence-electron chi connectivity index (χ1n) is 4.99. The van der Waals surface area contributed by atoms with Crippen molar-refractivity contribution in [3.8, 4) is 12.3 Å². The molecule has 0 fully saturated rings. The minimum atomic E-state index is 0.0159. The summed E-state index contributed by atoms with van der Waals surface area (Å²) in [6, 6.07) is 0. The number of hydrogen-bond acceptors (Lipinski definition) is 2. The van der Waals surface area contributed by atoms with Crippen molar-refractivity contribution in [2.75, 3.05) is 6.54 Å². The maximum atomic E-state index is 10.5. The van der Waals surface area contributed by atoms with Crippen LogP contribution in [0.2, 0.25) is 0 Å². The fourth-order valence-corrected chi connectivity index (χ4v) is 2.02. The van der Waals surface area contributed by atoms with Crippen LogP contribution in [0.25, 0.3) is 0 Å². The number of carbonyl (C=O) groups is 1. The molecule has 2 nitrogen and oxygen atoms in total. The molecular formula is C12H18ClNO. The summed E-state index contributed by atoms with van der Waals surface area (Å²) in [5.41, 5.74) is 5.58. The van der Waals surface area contributed by atoms with E-state index in [4.69, 9.17) is 23.8 Å². The Balaban J connectivity index is 0.000000583. The van der Waals surface area contributed by atoms with E-state index >= 15 is 0 Å². The van der Waals surface area contributed by atoms with E-state index in [9.17, 15) is 4.79 Å². The van der Waals surface area contributed by atoms with Crippen LogP contribution in [-0.2, 0) is 4.79 Å². The lowest BCUT2D eigenvalue weighted by Crippen LogP contribution is -2.11. The second-order valence-corrected chi connectivity index (χ2v) is 4.46. The van der Waals surface area contributed by atoms with E-state index in [2.05, 4.69) is 12.8 Å². The third kappa shape index (κ3) is 4.51. The van der Waals surface area contributed by atoms with Gasteiger partial charge in [0.15, 0.2) is 0 Å². The van der Waals surface area contributed by atoms with Crippen LogP contribution in [0, 0.1) is 17.8 Å². The first-order chi connectivity index (χ1) is 7.02. The Morgan fingerprint density at radius 1 is 1.67 bits per heavy atom. The monoisotopic (exact) mass is 227 g/mol. The fraction of sp³-hybridized carbons (Fsp3) is 0.583. The van der Waals surface area contributed by atoms with Crippen LogP contribution in [0.1, 0.15) is 33.1 Å². The van der Waals surface area contributed by atoms with Gasteiger partial charge in [-0.15, -0.1) is 12.3 Å². The Hall–Kier alpha value is -0.780. The van der Waals surface area contributed by atoms with Crippen LogP contribution in [0.5, 0.6) is 0 Å². The molecule has 0 aromatic carbocycles. The lowest BCUT2D eigenvalue weighted by atomic mass is 9.84. The van der Waals surface area contributed by atoms with Crippen LogP contribution >= 0.6 is 11.6 Å². The number of allylic oxidation sites excluding steroid dienone is 2. The van der Waals surface area contributed by atoms with Crippen molar-refractivity contribution in [1.82, 2.24) is 0 Å². The SMILES string of the molecule is C#CCC1(C)CC(Cl)=C(C=O)C1.CCN. The van der Waals surface area contributed by atoms with E-state index in [1.165, 1.54) is 0 Å². The molecule has 0 bridgehead atoms. The molecule has 15 heavy (non-hydrogen) atoms. The molecule has 1 atom stereocenters. The molecule has 1 aliphatic rings. The molecule has 0 aromatic rings. The highest BCUT2D eigenvalue weighted by Gasteiger charge is 2.33. The van der Waals surface area contributed by atoms with Gasteiger partial charge in [-0.2, -0.15) is 0 Å². The van der Waals surface area contributed by atoms with Gasteiger partial charge in [-0.3, -0.25) is 4.79 Å². The predicted octanol–water partition coefficient (Wildman–Crippen LogP) is 2.47. The molecule has 84 valence electrons. The van der Waals surface area contributed by atoms with Gasteiger partial charge in [-0.05, 0) is 24.8 Å². The Morgan fingerprint density at radius 2 is 2.20 bits per heavy atom. The highest BCUT2D eigenvalue weighted by atomic mass is 35.5. The van der Waals surface area contributed by atoms with E-state index in [0.29, 0.717) is 11.5 Å². The molecule has 3 heteroatoms. The number of halogens is 1. The van der Waals surface area contributed by atoms with Gasteiger partial charge >= 0.3 is 0 Å². The largest absolute Gasteiger partial charge is 0.331 e. The zero-order valence-corrected chi connectivity index (χ0v) is 10.1. The molecular weight excluding hydrogens is 210 g/mol. The number of carbonyl (C=O) groups excluding carboxylic acids is 1. The maximum Gasteiger partial charge on any atom is 0.147 e. The van der Waals surface area contributed by atoms with Crippen molar-refractivity contribution >= 4 is 17.9 Å². The third-order valence-corrected chi connectivity index (χ3v) is 2.60. The summed E-state index contributed by atoms with van der Waals surface area (Å²) < 4.78 is 0. The minimum absolute atomic E-state index is 0.0159. The van der Waals surface area contributed by atoms with Crippen LogP contribution < -0.4 is 5.73 Å². The summed E-state index contributed by atoms with van der Waals surface area (Å²) in [5.74, 6) is 2.61. The van der Waals surface area contributed by atoms with Gasteiger partial charge in [0.25, 0.3) is 0 Å². The second kappa shape index (κ2) is 6.66. The molecule has 1 rings (SSSR count). The smallest absolute Gasteiger partial charge is 0.147 e. The number of hydrogen-bond donors (Lipinski definition) is 1. The van der Waals surface area contributed by atoms with E-state index < -0.39 is 0 Å². The lowest BCUT2D eigenvalue weighted by molar-refractivity contribution is -0.105. The summed E-state index contributed by atoms with van der Waals surface area (Å²) in [5, 5.41) is 0.683. The van der Waals surface area contributed by atoms with Gasteiger partial charge in [0, 0.05) is 17.0 Å². The zero-order valence-electron chi connectivity index (χ0n) is 9.35. The van der Waals surface area contributed by atoms with Gasteiger partial charge in [-0.25, -0.2) is 0 Å². The standard InChI is InChI=1S/C10H11ClO.C2H7N/c1-3-4-10(2)5-8(7-12)9(11)6-10;1-2-3/h1,7H,4-6H2,2H3;2-3H2,1H3. The molecule has 0 spiro atoms. The molecule has 0 aromatic heterocycles. The molecule has 1 unspecified atom stereocenters. The minimum Gasteiger partial charge on any atom is -0.331 e. The van der Waals surface area contributed by atoms with E-state index in [1.807, 2.05) is 6.92 Å². The first-order valence-corrected chi connectivity index (χ1v) is 5.37. The molecule has 0 heterocycles. The third-order valence-electron chi connectivity index (χ3n) is 2.22. The Bertz CT molecular complexity index is 290. The Labute approximate surface area is 96.9 Å². The number of nitrogens with two attached hydrogens (primary N) is 1. The highest BCUT2D eigenvalue weighted by molar-refractivity contribution is 6.31. The van der Waals surface area contributed by atoms with Crippen LogP contribution in [-0.4, -0.2) is 12.8 Å². The molecule has 0 saturated heterocycles. The maximum absolute atomic E-state index is 10.5. The molecule has 2 N–H and O–H groups in total. The molecule has 1 aliphatic carbocycles. The number of terminal acetylenes is 1. The normalized spacial score (nSPS) is 24.2. The summed E-state index contributed by atoms with van der Waals surface area (Å²) in [6.07, 6.45) is 8.21. The van der Waals surface area contributed by atoms with Crippen molar-refractivity contribution in [3.63, 3.8) is 0 Å². The molecule has 0 saturated carbocycles. The fourth-order valence-electron chi connectivity index (χ4n) is 1.58. The Kier molecular flexibility index (Phi) is 6.31. The summed E-state index contributed by atoms with van der Waals surface area (Å²) >= 11 is 5.88. The van der Waals surface area contributed by atoms with Crippen LogP contribution in [0.3, 0.4) is 0 Å². The van der Waals surface area contributed by atoms with Crippen molar-refractivity contribution in [2.24, 2.45) is 11.1 Å². The topological polar surface area (TPSA) is 43.1 Å². The lowest BCUT2D eigenvalue weighted by Gasteiger charge is -2.20. The molecule has 0 aliphatic heterocycles. The second-order valence-electron chi connectivity index (χ2n) is 4.00. The Morgan fingerprint density at radius 3 is 2.53 bits per heavy atom. The summed E-state index contributed by atoms with van der Waals surface area (Å²) in [6.45, 7) is 4.71.